The molecule has 21 heavy (non-hydrogen) atoms. The highest BCUT2D eigenvalue weighted by atomic mass is 15.4. The Balaban J connectivity index is 1.64. The Morgan fingerprint density at radius 1 is 1.05 bits per heavy atom. The number of piperazine rings is 1. The third-order valence-electron chi connectivity index (χ3n) is 3.95. The summed E-state index contributed by atoms with van der Waals surface area (Å²) in [5, 5.41) is 4.42. The summed E-state index contributed by atoms with van der Waals surface area (Å²) in [6, 6.07) is 3.85. The largest absolute Gasteiger partial charge is 0.338 e. The van der Waals surface area contributed by atoms with Crippen molar-refractivity contribution in [3.63, 3.8) is 0 Å². The van der Waals surface area contributed by atoms with Gasteiger partial charge in [0.15, 0.2) is 0 Å². The fourth-order valence-corrected chi connectivity index (χ4v) is 2.87. The van der Waals surface area contributed by atoms with Gasteiger partial charge in [-0.05, 0) is 18.6 Å². The highest BCUT2D eigenvalue weighted by Crippen LogP contribution is 2.21. The lowest BCUT2D eigenvalue weighted by molar-refractivity contribution is 0.110. The second kappa shape index (κ2) is 6.67. The molecule has 0 saturated carbocycles. The van der Waals surface area contributed by atoms with Gasteiger partial charge in [0.05, 0.1) is 0 Å². The SMILES string of the molecule is CCCC(N1CCN(c2ncccn2)CC1)n1cccn1. The van der Waals surface area contributed by atoms with Crippen LogP contribution in [0.5, 0.6) is 0 Å². The standard InChI is InChI=1S/C15H22N6/c1-2-5-14(21-9-4-8-18-21)19-10-12-20(13-11-19)15-16-6-3-7-17-15/h3-4,6-9,14H,2,5,10-13H2,1H3. The highest BCUT2D eigenvalue weighted by molar-refractivity contribution is 5.29. The van der Waals surface area contributed by atoms with E-state index in [0.717, 1.165) is 45.0 Å². The summed E-state index contributed by atoms with van der Waals surface area (Å²) < 4.78 is 2.08. The summed E-state index contributed by atoms with van der Waals surface area (Å²) in [7, 11) is 0. The van der Waals surface area contributed by atoms with Gasteiger partial charge in [0.25, 0.3) is 0 Å². The summed E-state index contributed by atoms with van der Waals surface area (Å²) >= 11 is 0. The van der Waals surface area contributed by atoms with E-state index in [1.54, 1.807) is 12.4 Å². The molecule has 1 aliphatic heterocycles. The van der Waals surface area contributed by atoms with Crippen molar-refractivity contribution in [3.05, 3.63) is 36.9 Å². The minimum atomic E-state index is 0.365. The number of aromatic nitrogens is 4. The molecule has 112 valence electrons. The molecule has 0 aliphatic carbocycles. The van der Waals surface area contributed by atoms with Crippen LogP contribution in [0, 0.1) is 0 Å². The molecule has 1 aliphatic rings. The second-order valence-corrected chi connectivity index (χ2v) is 5.33. The molecule has 1 atom stereocenters. The molecule has 0 N–H and O–H groups in total. The van der Waals surface area contributed by atoms with E-state index in [-0.39, 0.29) is 0 Å². The molecule has 6 nitrogen and oxygen atoms in total. The molecule has 3 rings (SSSR count). The van der Waals surface area contributed by atoms with Crippen LogP contribution in [0.25, 0.3) is 0 Å². The summed E-state index contributed by atoms with van der Waals surface area (Å²) in [5.41, 5.74) is 0. The highest BCUT2D eigenvalue weighted by Gasteiger charge is 2.25. The zero-order valence-corrected chi connectivity index (χ0v) is 12.5. The van der Waals surface area contributed by atoms with Gasteiger partial charge in [0.1, 0.15) is 6.17 Å². The van der Waals surface area contributed by atoms with Gasteiger partial charge in [-0.15, -0.1) is 0 Å². The minimum Gasteiger partial charge on any atom is -0.338 e. The lowest BCUT2D eigenvalue weighted by Crippen LogP contribution is -2.49. The van der Waals surface area contributed by atoms with Gasteiger partial charge < -0.3 is 4.90 Å². The summed E-state index contributed by atoms with van der Waals surface area (Å²) in [6.07, 6.45) is 10.2. The molecule has 1 saturated heterocycles. The number of hydrogen-bond donors (Lipinski definition) is 0. The normalized spacial score (nSPS) is 17.9. The van der Waals surface area contributed by atoms with Gasteiger partial charge in [-0.3, -0.25) is 9.58 Å². The topological polar surface area (TPSA) is 50.1 Å². The van der Waals surface area contributed by atoms with E-state index in [4.69, 9.17) is 0 Å². The van der Waals surface area contributed by atoms with Gasteiger partial charge in [-0.25, -0.2) is 9.97 Å². The molecule has 1 unspecified atom stereocenters. The minimum absolute atomic E-state index is 0.365. The van der Waals surface area contributed by atoms with Gasteiger partial charge >= 0.3 is 0 Å². The molecular formula is C15H22N6. The summed E-state index contributed by atoms with van der Waals surface area (Å²) in [5.74, 6) is 0.836. The fourth-order valence-electron chi connectivity index (χ4n) is 2.87. The van der Waals surface area contributed by atoms with Crippen molar-refractivity contribution in [2.45, 2.75) is 25.9 Å². The molecule has 6 heteroatoms. The molecule has 0 radical (unpaired) electrons. The molecule has 0 amide bonds. The van der Waals surface area contributed by atoms with E-state index in [1.165, 1.54) is 0 Å². The van der Waals surface area contributed by atoms with Crippen LogP contribution in [0.1, 0.15) is 25.9 Å². The molecule has 1 fully saturated rings. The van der Waals surface area contributed by atoms with Crippen LogP contribution >= 0.6 is 0 Å². The van der Waals surface area contributed by atoms with E-state index in [2.05, 4.69) is 42.7 Å². The number of hydrogen-bond acceptors (Lipinski definition) is 5. The van der Waals surface area contributed by atoms with E-state index < -0.39 is 0 Å². The monoisotopic (exact) mass is 286 g/mol. The Bertz CT molecular complexity index is 518. The first kappa shape index (κ1) is 14.0. The van der Waals surface area contributed by atoms with Gasteiger partial charge in [0, 0.05) is 51.0 Å². The van der Waals surface area contributed by atoms with Gasteiger partial charge in [0.2, 0.25) is 5.95 Å². The maximum absolute atomic E-state index is 4.42. The summed E-state index contributed by atoms with van der Waals surface area (Å²) in [6.45, 7) is 6.19. The van der Waals surface area contributed by atoms with Crippen molar-refractivity contribution in [2.75, 3.05) is 31.1 Å². The predicted molar refractivity (Wildman–Crippen MR) is 82.0 cm³/mol. The van der Waals surface area contributed by atoms with Crippen molar-refractivity contribution in [2.24, 2.45) is 0 Å². The zero-order valence-electron chi connectivity index (χ0n) is 12.5. The molecular weight excluding hydrogens is 264 g/mol. The van der Waals surface area contributed by atoms with Crippen molar-refractivity contribution in [3.8, 4) is 0 Å². The molecule has 0 spiro atoms. The van der Waals surface area contributed by atoms with Gasteiger partial charge in [-0.1, -0.05) is 13.3 Å². The van der Waals surface area contributed by atoms with Crippen LogP contribution in [0.3, 0.4) is 0 Å². The Morgan fingerprint density at radius 3 is 2.43 bits per heavy atom. The lowest BCUT2D eigenvalue weighted by Gasteiger charge is -2.39. The maximum Gasteiger partial charge on any atom is 0.225 e. The third-order valence-corrected chi connectivity index (χ3v) is 3.95. The number of nitrogens with zero attached hydrogens (tertiary/aromatic N) is 6. The van der Waals surface area contributed by atoms with Crippen LogP contribution < -0.4 is 4.90 Å². The lowest BCUT2D eigenvalue weighted by atomic mass is 10.2. The van der Waals surface area contributed by atoms with Crippen LogP contribution in [-0.4, -0.2) is 50.8 Å². The van der Waals surface area contributed by atoms with Crippen molar-refractivity contribution >= 4 is 5.95 Å². The van der Waals surface area contributed by atoms with E-state index in [1.807, 2.05) is 18.3 Å². The van der Waals surface area contributed by atoms with Crippen molar-refractivity contribution in [1.82, 2.24) is 24.6 Å². The number of rotatable bonds is 5. The fraction of sp³-hybridized carbons (Fsp3) is 0.533. The molecule has 0 bridgehead atoms. The van der Waals surface area contributed by atoms with Crippen LogP contribution in [0.2, 0.25) is 0 Å². The van der Waals surface area contributed by atoms with Gasteiger partial charge in [-0.2, -0.15) is 5.10 Å². The first-order chi connectivity index (χ1) is 10.4. The molecule has 0 aromatic carbocycles. The van der Waals surface area contributed by atoms with Crippen LogP contribution in [0.4, 0.5) is 5.95 Å². The average molecular weight is 286 g/mol. The second-order valence-electron chi connectivity index (χ2n) is 5.33. The van der Waals surface area contributed by atoms with Crippen LogP contribution in [0.15, 0.2) is 36.9 Å². The Labute approximate surface area is 125 Å². The van der Waals surface area contributed by atoms with E-state index in [0.29, 0.717) is 6.17 Å². The quantitative estimate of drug-likeness (QED) is 0.839. The average Bonchev–Trinajstić information content (AvgIpc) is 3.08. The Hall–Kier alpha value is -1.95. The smallest absolute Gasteiger partial charge is 0.225 e. The molecule has 3 heterocycles. The molecule has 2 aromatic rings. The van der Waals surface area contributed by atoms with Crippen molar-refractivity contribution in [1.29, 1.82) is 0 Å². The first-order valence-corrected chi connectivity index (χ1v) is 7.63. The number of anilines is 1. The predicted octanol–water partition coefficient (Wildman–Crippen LogP) is 1.79. The van der Waals surface area contributed by atoms with E-state index in [9.17, 15) is 0 Å². The van der Waals surface area contributed by atoms with E-state index >= 15 is 0 Å². The third kappa shape index (κ3) is 3.21. The Kier molecular flexibility index (Phi) is 4.45. The zero-order chi connectivity index (χ0) is 14.5. The summed E-state index contributed by atoms with van der Waals surface area (Å²) in [4.78, 5) is 13.4. The maximum atomic E-state index is 4.42. The van der Waals surface area contributed by atoms with Crippen LogP contribution in [-0.2, 0) is 0 Å². The first-order valence-electron chi connectivity index (χ1n) is 7.63. The Morgan fingerprint density at radius 2 is 1.81 bits per heavy atom. The molecule has 2 aromatic heterocycles. The van der Waals surface area contributed by atoms with Crippen molar-refractivity contribution < 1.29 is 0 Å².